The number of nitrogens with two attached hydrogens (primary N) is 1. The standard InChI is InChI=1S/C13H19N5S/c1-8-3-4-9(2)18(7-8)11-10-5-6-19-12(10)16-13(15-11)17-14/h5-6,8-9H,3-4,7,14H2,1-2H3,(H,15,16,17). The highest BCUT2D eigenvalue weighted by Gasteiger charge is 2.26. The second kappa shape index (κ2) is 4.94. The van der Waals surface area contributed by atoms with Crippen LogP contribution in [0.1, 0.15) is 26.7 Å². The molecule has 19 heavy (non-hydrogen) atoms. The van der Waals surface area contributed by atoms with E-state index in [0.717, 1.165) is 22.6 Å². The van der Waals surface area contributed by atoms with Crippen LogP contribution in [0.25, 0.3) is 10.2 Å². The van der Waals surface area contributed by atoms with Crippen molar-refractivity contribution >= 4 is 33.3 Å². The van der Waals surface area contributed by atoms with E-state index in [1.807, 2.05) is 0 Å². The molecule has 2 aromatic heterocycles. The van der Waals surface area contributed by atoms with Crippen molar-refractivity contribution in [2.45, 2.75) is 32.7 Å². The summed E-state index contributed by atoms with van der Waals surface area (Å²) in [5.41, 5.74) is 2.57. The minimum Gasteiger partial charge on any atom is -0.353 e. The molecule has 2 aromatic rings. The van der Waals surface area contributed by atoms with Crippen molar-refractivity contribution in [3.8, 4) is 0 Å². The van der Waals surface area contributed by atoms with E-state index in [2.05, 4.69) is 45.6 Å². The molecule has 0 spiro atoms. The van der Waals surface area contributed by atoms with Crippen LogP contribution in [0.15, 0.2) is 11.4 Å². The first-order valence-corrected chi connectivity index (χ1v) is 7.55. The summed E-state index contributed by atoms with van der Waals surface area (Å²) >= 11 is 1.62. The molecule has 0 amide bonds. The zero-order valence-electron chi connectivity index (χ0n) is 11.3. The van der Waals surface area contributed by atoms with E-state index in [9.17, 15) is 0 Å². The minimum absolute atomic E-state index is 0.496. The molecule has 2 atom stereocenters. The van der Waals surface area contributed by atoms with E-state index in [-0.39, 0.29) is 0 Å². The third kappa shape index (κ3) is 2.26. The number of nitrogen functional groups attached to an aromatic ring is 1. The zero-order chi connectivity index (χ0) is 13.4. The van der Waals surface area contributed by atoms with Crippen LogP contribution in [0, 0.1) is 5.92 Å². The number of rotatable bonds is 2. The van der Waals surface area contributed by atoms with E-state index in [1.54, 1.807) is 11.3 Å². The Hall–Kier alpha value is -1.40. The number of piperidine rings is 1. The number of hydrazine groups is 1. The van der Waals surface area contributed by atoms with Gasteiger partial charge in [-0.1, -0.05) is 6.92 Å². The van der Waals surface area contributed by atoms with Gasteiger partial charge in [-0.25, -0.2) is 10.8 Å². The molecule has 3 rings (SSSR count). The van der Waals surface area contributed by atoms with Gasteiger partial charge in [0.2, 0.25) is 5.95 Å². The molecular weight excluding hydrogens is 258 g/mol. The van der Waals surface area contributed by atoms with Crippen molar-refractivity contribution in [2.24, 2.45) is 11.8 Å². The predicted octanol–water partition coefficient (Wildman–Crippen LogP) is 2.60. The molecule has 0 aromatic carbocycles. The Balaban J connectivity index is 2.09. The van der Waals surface area contributed by atoms with Gasteiger partial charge in [0, 0.05) is 12.6 Å². The highest BCUT2D eigenvalue weighted by molar-refractivity contribution is 7.16. The fourth-order valence-corrected chi connectivity index (χ4v) is 3.47. The minimum atomic E-state index is 0.496. The monoisotopic (exact) mass is 277 g/mol. The molecule has 1 fully saturated rings. The van der Waals surface area contributed by atoms with Crippen molar-refractivity contribution in [2.75, 3.05) is 16.9 Å². The number of hydrogen-bond acceptors (Lipinski definition) is 6. The van der Waals surface area contributed by atoms with Crippen LogP contribution in [0.5, 0.6) is 0 Å². The third-order valence-electron chi connectivity index (χ3n) is 3.82. The van der Waals surface area contributed by atoms with Crippen LogP contribution in [0.3, 0.4) is 0 Å². The van der Waals surface area contributed by atoms with Crippen LogP contribution < -0.4 is 16.2 Å². The summed E-state index contributed by atoms with van der Waals surface area (Å²) in [6.45, 7) is 5.61. The Kier molecular flexibility index (Phi) is 3.28. The van der Waals surface area contributed by atoms with Crippen molar-refractivity contribution in [3.63, 3.8) is 0 Å². The molecule has 6 heteroatoms. The molecular formula is C13H19N5S. The molecule has 2 unspecified atom stereocenters. The van der Waals surface area contributed by atoms with Gasteiger partial charge >= 0.3 is 0 Å². The highest BCUT2D eigenvalue weighted by Crippen LogP contribution is 2.33. The molecule has 1 saturated heterocycles. The van der Waals surface area contributed by atoms with E-state index in [0.29, 0.717) is 17.9 Å². The van der Waals surface area contributed by atoms with Crippen molar-refractivity contribution in [3.05, 3.63) is 11.4 Å². The second-order valence-electron chi connectivity index (χ2n) is 5.34. The van der Waals surface area contributed by atoms with E-state index in [1.165, 1.54) is 12.8 Å². The van der Waals surface area contributed by atoms with Crippen LogP contribution >= 0.6 is 11.3 Å². The van der Waals surface area contributed by atoms with Gasteiger partial charge in [0.05, 0.1) is 5.39 Å². The first-order chi connectivity index (χ1) is 9.19. The second-order valence-corrected chi connectivity index (χ2v) is 6.23. The maximum atomic E-state index is 5.48. The maximum Gasteiger partial charge on any atom is 0.240 e. The fraction of sp³-hybridized carbons (Fsp3) is 0.538. The van der Waals surface area contributed by atoms with Gasteiger partial charge in [-0.3, -0.25) is 5.43 Å². The summed E-state index contributed by atoms with van der Waals surface area (Å²) in [5.74, 6) is 7.69. The third-order valence-corrected chi connectivity index (χ3v) is 4.63. The summed E-state index contributed by atoms with van der Waals surface area (Å²) in [7, 11) is 0. The molecule has 102 valence electrons. The Morgan fingerprint density at radius 3 is 3.00 bits per heavy atom. The van der Waals surface area contributed by atoms with Gasteiger partial charge in [0.1, 0.15) is 10.6 Å². The normalized spacial score (nSPS) is 23.8. The van der Waals surface area contributed by atoms with Gasteiger partial charge in [0.15, 0.2) is 0 Å². The molecule has 0 radical (unpaired) electrons. The molecule has 5 nitrogen and oxygen atoms in total. The smallest absolute Gasteiger partial charge is 0.240 e. The lowest BCUT2D eigenvalue weighted by Crippen LogP contribution is -2.41. The molecule has 3 heterocycles. The lowest BCUT2D eigenvalue weighted by molar-refractivity contribution is 0.389. The molecule has 0 saturated carbocycles. The van der Waals surface area contributed by atoms with Crippen LogP contribution in [0.4, 0.5) is 11.8 Å². The number of nitrogens with zero attached hydrogens (tertiary/aromatic N) is 3. The number of thiophene rings is 1. The molecule has 1 aliphatic heterocycles. The van der Waals surface area contributed by atoms with Crippen molar-refractivity contribution in [1.82, 2.24) is 9.97 Å². The quantitative estimate of drug-likeness (QED) is 0.652. The number of anilines is 2. The first-order valence-electron chi connectivity index (χ1n) is 6.67. The van der Waals surface area contributed by atoms with Crippen molar-refractivity contribution in [1.29, 1.82) is 0 Å². The summed E-state index contributed by atoms with van der Waals surface area (Å²) < 4.78 is 0. The number of aromatic nitrogens is 2. The largest absolute Gasteiger partial charge is 0.353 e. The van der Waals surface area contributed by atoms with E-state index < -0.39 is 0 Å². The van der Waals surface area contributed by atoms with Crippen LogP contribution in [-0.2, 0) is 0 Å². The van der Waals surface area contributed by atoms with Gasteiger partial charge in [-0.15, -0.1) is 11.3 Å². The summed E-state index contributed by atoms with van der Waals surface area (Å²) in [5, 5.41) is 3.19. The number of fused-ring (bicyclic) bond motifs is 1. The Labute approximate surface area is 116 Å². The lowest BCUT2D eigenvalue weighted by atomic mass is 9.95. The van der Waals surface area contributed by atoms with Crippen LogP contribution in [-0.4, -0.2) is 22.6 Å². The lowest BCUT2D eigenvalue weighted by Gasteiger charge is -2.38. The van der Waals surface area contributed by atoms with E-state index in [4.69, 9.17) is 5.84 Å². The molecule has 3 N–H and O–H groups in total. The Morgan fingerprint density at radius 1 is 1.37 bits per heavy atom. The first kappa shape index (κ1) is 12.6. The number of hydrogen-bond donors (Lipinski definition) is 2. The molecule has 1 aliphatic rings. The zero-order valence-corrected chi connectivity index (χ0v) is 12.1. The molecule has 0 bridgehead atoms. The Bertz CT molecular complexity index is 581. The van der Waals surface area contributed by atoms with Gasteiger partial charge in [-0.2, -0.15) is 4.98 Å². The summed E-state index contributed by atoms with van der Waals surface area (Å²) in [6, 6.07) is 2.61. The maximum absolute atomic E-state index is 5.48. The van der Waals surface area contributed by atoms with Gasteiger partial charge in [0.25, 0.3) is 0 Å². The van der Waals surface area contributed by atoms with Crippen LogP contribution in [0.2, 0.25) is 0 Å². The number of nitrogens with one attached hydrogen (secondary N) is 1. The fourth-order valence-electron chi connectivity index (χ4n) is 2.71. The summed E-state index contributed by atoms with van der Waals surface area (Å²) in [6.07, 6.45) is 2.50. The van der Waals surface area contributed by atoms with E-state index >= 15 is 0 Å². The molecule has 0 aliphatic carbocycles. The average molecular weight is 277 g/mol. The average Bonchev–Trinajstić information content (AvgIpc) is 2.88. The van der Waals surface area contributed by atoms with Gasteiger partial charge < -0.3 is 4.90 Å². The summed E-state index contributed by atoms with van der Waals surface area (Å²) in [4.78, 5) is 12.4. The predicted molar refractivity (Wildman–Crippen MR) is 80.4 cm³/mol. The Morgan fingerprint density at radius 2 is 2.21 bits per heavy atom. The van der Waals surface area contributed by atoms with Crippen molar-refractivity contribution < 1.29 is 0 Å². The highest BCUT2D eigenvalue weighted by atomic mass is 32.1. The SMILES string of the molecule is CC1CCC(C)N(c2nc(NN)nc3sccc23)C1. The van der Waals surface area contributed by atoms with Gasteiger partial charge in [-0.05, 0) is 37.1 Å². The topological polar surface area (TPSA) is 67.1 Å².